The predicted octanol–water partition coefficient (Wildman–Crippen LogP) is 1.34. The van der Waals surface area contributed by atoms with Crippen LogP contribution in [0.15, 0.2) is 66.0 Å². The van der Waals surface area contributed by atoms with E-state index in [2.05, 4.69) is 29.9 Å². The van der Waals surface area contributed by atoms with Gasteiger partial charge in [-0.2, -0.15) is 5.10 Å². The molecule has 0 bridgehead atoms. The zero-order valence-corrected chi connectivity index (χ0v) is 15.7. The molecule has 8 heteroatoms. The Labute approximate surface area is 164 Å². The van der Waals surface area contributed by atoms with Crippen molar-refractivity contribution in [3.8, 4) is 5.69 Å². The van der Waals surface area contributed by atoms with Crippen LogP contribution in [0.25, 0.3) is 5.69 Å². The molecule has 0 saturated carbocycles. The number of anilines is 1. The van der Waals surface area contributed by atoms with E-state index in [0.29, 0.717) is 12.5 Å². The van der Waals surface area contributed by atoms with Crippen LogP contribution in [-0.4, -0.2) is 63.3 Å². The first-order chi connectivity index (χ1) is 13.8. The monoisotopic (exact) mass is 376 g/mol. The van der Waals surface area contributed by atoms with Crippen molar-refractivity contribution in [2.75, 3.05) is 37.6 Å². The molecule has 3 aromatic rings. The van der Waals surface area contributed by atoms with Crippen molar-refractivity contribution in [3.05, 3.63) is 66.7 Å². The van der Waals surface area contributed by atoms with Gasteiger partial charge in [-0.25, -0.2) is 14.6 Å². The van der Waals surface area contributed by atoms with Gasteiger partial charge in [-0.15, -0.1) is 0 Å². The van der Waals surface area contributed by atoms with Gasteiger partial charge in [0.05, 0.1) is 11.4 Å². The van der Waals surface area contributed by atoms with Crippen molar-refractivity contribution in [3.63, 3.8) is 0 Å². The number of piperazine rings is 1. The van der Waals surface area contributed by atoms with Crippen molar-refractivity contribution in [1.29, 1.82) is 0 Å². The van der Waals surface area contributed by atoms with Crippen molar-refractivity contribution in [1.82, 2.24) is 24.6 Å². The van der Waals surface area contributed by atoms with E-state index in [1.54, 1.807) is 12.4 Å². The number of hydrogen-bond acceptors (Lipinski definition) is 5. The lowest BCUT2D eigenvalue weighted by Crippen LogP contribution is -2.51. The van der Waals surface area contributed by atoms with E-state index in [-0.39, 0.29) is 0 Å². The second-order valence-electron chi connectivity index (χ2n) is 6.60. The lowest BCUT2D eigenvalue weighted by molar-refractivity contribution is 0.378. The van der Waals surface area contributed by atoms with E-state index in [1.807, 2.05) is 53.3 Å². The summed E-state index contributed by atoms with van der Waals surface area (Å²) in [5, 5.41) is 4.61. The molecule has 2 N–H and O–H groups in total. The molecule has 1 aliphatic rings. The Balaban J connectivity index is 1.27. The average Bonchev–Trinajstić information content (AvgIpc) is 3.24. The zero-order valence-electron chi connectivity index (χ0n) is 15.7. The Hall–Kier alpha value is -3.42. The number of nitrogens with two attached hydrogens (primary N) is 1. The number of benzene rings is 1. The molecule has 28 heavy (non-hydrogen) atoms. The summed E-state index contributed by atoms with van der Waals surface area (Å²) in [5.74, 6) is 1.36. The standard InChI is InChI=1S/C20H24N8/c21-19(26-13-15-27(16-14-26)20-23-9-4-10-24-20)22-11-7-17-8-12-28(25-17)18-5-2-1-3-6-18/h1-6,8-10,12H,7,11,13-16H2,(H2,21,22). The highest BCUT2D eigenvalue weighted by atomic mass is 15.4. The summed E-state index contributed by atoms with van der Waals surface area (Å²) in [7, 11) is 0. The SMILES string of the molecule is NC(=NCCc1ccn(-c2ccccc2)n1)N1CCN(c2ncccn2)CC1. The van der Waals surface area contributed by atoms with Gasteiger partial charge in [0.25, 0.3) is 0 Å². The van der Waals surface area contributed by atoms with Gasteiger partial charge in [-0.1, -0.05) is 18.2 Å². The normalized spacial score (nSPS) is 15.1. The van der Waals surface area contributed by atoms with E-state index in [0.717, 1.165) is 49.9 Å². The van der Waals surface area contributed by atoms with E-state index >= 15 is 0 Å². The Kier molecular flexibility index (Phi) is 5.46. The van der Waals surface area contributed by atoms with Crippen LogP contribution in [0, 0.1) is 0 Å². The molecule has 8 nitrogen and oxygen atoms in total. The first-order valence-electron chi connectivity index (χ1n) is 9.46. The highest BCUT2D eigenvalue weighted by Gasteiger charge is 2.19. The van der Waals surface area contributed by atoms with Crippen LogP contribution in [0.1, 0.15) is 5.69 Å². The van der Waals surface area contributed by atoms with Crippen LogP contribution in [0.3, 0.4) is 0 Å². The molecule has 0 radical (unpaired) electrons. The van der Waals surface area contributed by atoms with Crippen LogP contribution in [0.2, 0.25) is 0 Å². The fraction of sp³-hybridized carbons (Fsp3) is 0.300. The van der Waals surface area contributed by atoms with Gasteiger partial charge >= 0.3 is 0 Å². The van der Waals surface area contributed by atoms with Crippen LogP contribution in [0.5, 0.6) is 0 Å². The van der Waals surface area contributed by atoms with Gasteiger partial charge in [-0.05, 0) is 24.3 Å². The number of para-hydroxylation sites is 1. The molecule has 0 spiro atoms. The smallest absolute Gasteiger partial charge is 0.225 e. The third kappa shape index (κ3) is 4.28. The number of aromatic nitrogens is 4. The van der Waals surface area contributed by atoms with Crippen molar-refractivity contribution < 1.29 is 0 Å². The summed E-state index contributed by atoms with van der Waals surface area (Å²) in [5.41, 5.74) is 8.25. The summed E-state index contributed by atoms with van der Waals surface area (Å²) in [4.78, 5) is 17.4. The molecule has 144 valence electrons. The fourth-order valence-electron chi connectivity index (χ4n) is 3.19. The summed E-state index contributed by atoms with van der Waals surface area (Å²) in [6.07, 6.45) is 6.27. The third-order valence-corrected chi connectivity index (χ3v) is 4.75. The molecule has 1 fully saturated rings. The van der Waals surface area contributed by atoms with Gasteiger partial charge in [0.15, 0.2) is 5.96 Å². The lowest BCUT2D eigenvalue weighted by atomic mass is 10.3. The number of aliphatic imine (C=N–C) groups is 1. The van der Waals surface area contributed by atoms with Gasteiger partial charge in [0.1, 0.15) is 0 Å². The molecular weight excluding hydrogens is 352 g/mol. The van der Waals surface area contributed by atoms with Gasteiger partial charge in [-0.3, -0.25) is 4.99 Å². The average molecular weight is 376 g/mol. The minimum atomic E-state index is 0.594. The molecule has 1 saturated heterocycles. The molecule has 1 aliphatic heterocycles. The quantitative estimate of drug-likeness (QED) is 0.534. The second-order valence-corrected chi connectivity index (χ2v) is 6.60. The maximum Gasteiger partial charge on any atom is 0.225 e. The van der Waals surface area contributed by atoms with E-state index in [9.17, 15) is 0 Å². The molecule has 1 aromatic carbocycles. The van der Waals surface area contributed by atoms with Crippen molar-refractivity contribution in [2.24, 2.45) is 10.7 Å². The van der Waals surface area contributed by atoms with Crippen LogP contribution >= 0.6 is 0 Å². The Morgan fingerprint density at radius 1 is 0.964 bits per heavy atom. The molecule has 3 heterocycles. The van der Waals surface area contributed by atoms with Crippen LogP contribution < -0.4 is 10.6 Å². The topological polar surface area (TPSA) is 88.5 Å². The van der Waals surface area contributed by atoms with Crippen LogP contribution in [-0.2, 0) is 6.42 Å². The summed E-state index contributed by atoms with van der Waals surface area (Å²) >= 11 is 0. The maximum atomic E-state index is 6.19. The Bertz CT molecular complexity index is 898. The van der Waals surface area contributed by atoms with E-state index in [4.69, 9.17) is 5.73 Å². The first-order valence-corrected chi connectivity index (χ1v) is 9.46. The highest BCUT2D eigenvalue weighted by molar-refractivity contribution is 5.78. The molecule has 2 aromatic heterocycles. The maximum absolute atomic E-state index is 6.19. The van der Waals surface area contributed by atoms with Crippen molar-refractivity contribution >= 4 is 11.9 Å². The number of rotatable bonds is 5. The second kappa shape index (κ2) is 8.51. The number of hydrogen-bond donors (Lipinski definition) is 1. The number of guanidine groups is 1. The van der Waals surface area contributed by atoms with Crippen LogP contribution in [0.4, 0.5) is 5.95 Å². The minimum absolute atomic E-state index is 0.594. The summed E-state index contributed by atoms with van der Waals surface area (Å²) in [6, 6.07) is 13.9. The third-order valence-electron chi connectivity index (χ3n) is 4.75. The molecular formula is C20H24N8. The molecule has 4 rings (SSSR count). The molecule has 0 unspecified atom stereocenters. The van der Waals surface area contributed by atoms with E-state index in [1.165, 1.54) is 0 Å². The molecule has 0 aliphatic carbocycles. The van der Waals surface area contributed by atoms with Gasteiger partial charge < -0.3 is 15.5 Å². The molecule has 0 amide bonds. The minimum Gasteiger partial charge on any atom is -0.370 e. The molecule has 0 atom stereocenters. The first kappa shape index (κ1) is 18.0. The number of nitrogens with zero attached hydrogens (tertiary/aromatic N) is 7. The van der Waals surface area contributed by atoms with Gasteiger partial charge in [0.2, 0.25) is 5.95 Å². The zero-order chi connectivity index (χ0) is 19.2. The lowest BCUT2D eigenvalue weighted by Gasteiger charge is -2.35. The predicted molar refractivity (Wildman–Crippen MR) is 110 cm³/mol. The summed E-state index contributed by atoms with van der Waals surface area (Å²) < 4.78 is 1.88. The highest BCUT2D eigenvalue weighted by Crippen LogP contribution is 2.10. The Morgan fingerprint density at radius 2 is 1.71 bits per heavy atom. The summed E-state index contributed by atoms with van der Waals surface area (Å²) in [6.45, 7) is 3.93. The van der Waals surface area contributed by atoms with E-state index < -0.39 is 0 Å². The van der Waals surface area contributed by atoms with Gasteiger partial charge in [0, 0.05) is 57.7 Å². The fourth-order valence-corrected chi connectivity index (χ4v) is 3.19. The Morgan fingerprint density at radius 3 is 2.46 bits per heavy atom. The largest absolute Gasteiger partial charge is 0.370 e. The van der Waals surface area contributed by atoms with Crippen molar-refractivity contribution in [2.45, 2.75) is 6.42 Å².